The number of ether oxygens (including phenoxy) is 1. The lowest BCUT2D eigenvalue weighted by Gasteiger charge is -2.48. The number of pyridine rings is 1. The summed E-state index contributed by atoms with van der Waals surface area (Å²) in [7, 11) is 0. The molecule has 1 aliphatic rings. The molecular formula is C25H26F2N6O4. The van der Waals surface area contributed by atoms with Crippen LogP contribution in [0.1, 0.15) is 31.1 Å². The van der Waals surface area contributed by atoms with Crippen molar-refractivity contribution in [1.82, 2.24) is 24.8 Å². The molecule has 37 heavy (non-hydrogen) atoms. The molecule has 12 heteroatoms. The van der Waals surface area contributed by atoms with Gasteiger partial charge >= 0.3 is 0 Å². The van der Waals surface area contributed by atoms with E-state index in [2.05, 4.69) is 20.3 Å². The smallest absolute Gasteiger partial charge is 0.255 e. The second-order valence-electron chi connectivity index (χ2n) is 9.26. The van der Waals surface area contributed by atoms with Gasteiger partial charge in [0.25, 0.3) is 5.91 Å². The molecule has 0 saturated carbocycles. The molecule has 1 aromatic carbocycles. The molecule has 0 unspecified atom stereocenters. The molecule has 10 nitrogen and oxygen atoms in total. The number of benzene rings is 1. The first-order valence-electron chi connectivity index (χ1n) is 11.5. The van der Waals surface area contributed by atoms with E-state index in [1.165, 1.54) is 36.8 Å². The maximum atomic E-state index is 13.3. The van der Waals surface area contributed by atoms with Crippen molar-refractivity contribution in [3.63, 3.8) is 0 Å². The van der Waals surface area contributed by atoms with Crippen LogP contribution in [0.25, 0.3) is 0 Å². The highest BCUT2D eigenvalue weighted by Gasteiger charge is 2.39. The number of rotatable bonds is 6. The fraction of sp³-hybridized carbons (Fsp3) is 0.320. The lowest BCUT2D eigenvalue weighted by molar-refractivity contribution is -0.122. The van der Waals surface area contributed by atoms with Gasteiger partial charge < -0.3 is 19.9 Å². The summed E-state index contributed by atoms with van der Waals surface area (Å²) < 4.78 is 31.8. The highest BCUT2D eigenvalue weighted by Crippen LogP contribution is 2.25. The first-order valence-corrected chi connectivity index (χ1v) is 11.5. The standard InChI is InChI=1S/C25H26F2N6O4/c1-15(32-8-9-33(25(2,3)14-32)24(36)16-4-7-21(34)29-11-16)23(35)31-20-12-30-22(13-28-20)37-17-5-6-18(26)19(27)10-17/h4-7,10-13,15H,8-9,14H2,1-3H3,(H,29,34)(H,28,31,35)/t15-/m1/s1. The van der Waals surface area contributed by atoms with Crippen LogP contribution < -0.4 is 15.6 Å². The Labute approximate surface area is 211 Å². The van der Waals surface area contributed by atoms with Crippen LogP contribution in [0.2, 0.25) is 0 Å². The van der Waals surface area contributed by atoms with E-state index in [1.807, 2.05) is 18.7 Å². The molecule has 1 fully saturated rings. The van der Waals surface area contributed by atoms with Gasteiger partial charge in [-0.1, -0.05) is 0 Å². The number of carbonyl (C=O) groups excluding carboxylic acids is 2. The summed E-state index contributed by atoms with van der Waals surface area (Å²) in [5, 5.41) is 2.71. The Morgan fingerprint density at radius 1 is 1.11 bits per heavy atom. The highest BCUT2D eigenvalue weighted by atomic mass is 19.2. The van der Waals surface area contributed by atoms with Crippen LogP contribution in [0.3, 0.4) is 0 Å². The molecule has 4 rings (SSSR count). The molecule has 0 aliphatic carbocycles. The van der Waals surface area contributed by atoms with Crippen molar-refractivity contribution < 1.29 is 23.1 Å². The molecule has 0 spiro atoms. The average Bonchev–Trinajstić information content (AvgIpc) is 2.86. The van der Waals surface area contributed by atoms with E-state index in [0.717, 1.165) is 12.1 Å². The Morgan fingerprint density at radius 3 is 2.51 bits per heavy atom. The average molecular weight is 513 g/mol. The van der Waals surface area contributed by atoms with Crippen LogP contribution in [0.5, 0.6) is 11.6 Å². The van der Waals surface area contributed by atoms with Crippen molar-refractivity contribution in [3.8, 4) is 11.6 Å². The minimum absolute atomic E-state index is 0.0436. The van der Waals surface area contributed by atoms with Crippen LogP contribution in [0, 0.1) is 11.6 Å². The topological polar surface area (TPSA) is 121 Å². The number of hydrogen-bond acceptors (Lipinski definition) is 7. The van der Waals surface area contributed by atoms with E-state index in [0.29, 0.717) is 25.2 Å². The number of piperazine rings is 1. The number of nitrogens with one attached hydrogen (secondary N) is 2. The largest absolute Gasteiger partial charge is 0.437 e. The molecule has 1 atom stereocenters. The molecular weight excluding hydrogens is 486 g/mol. The quantitative estimate of drug-likeness (QED) is 0.521. The van der Waals surface area contributed by atoms with Gasteiger partial charge in [-0.25, -0.2) is 18.7 Å². The second kappa shape index (κ2) is 10.4. The lowest BCUT2D eigenvalue weighted by atomic mass is 9.96. The Hall–Kier alpha value is -4.19. The predicted molar refractivity (Wildman–Crippen MR) is 130 cm³/mol. The molecule has 2 N–H and O–H groups in total. The minimum atomic E-state index is -1.05. The van der Waals surface area contributed by atoms with Gasteiger partial charge in [-0.05, 0) is 39.0 Å². The minimum Gasteiger partial charge on any atom is -0.437 e. The second-order valence-corrected chi connectivity index (χ2v) is 9.26. The molecule has 2 aromatic heterocycles. The molecule has 3 heterocycles. The fourth-order valence-electron chi connectivity index (χ4n) is 4.09. The van der Waals surface area contributed by atoms with E-state index in [1.54, 1.807) is 11.8 Å². The van der Waals surface area contributed by atoms with Crippen molar-refractivity contribution in [1.29, 1.82) is 0 Å². The van der Waals surface area contributed by atoms with E-state index in [9.17, 15) is 23.2 Å². The third-order valence-corrected chi connectivity index (χ3v) is 6.13. The summed E-state index contributed by atoms with van der Waals surface area (Å²) in [6.45, 7) is 6.93. The predicted octanol–water partition coefficient (Wildman–Crippen LogP) is 2.80. The van der Waals surface area contributed by atoms with Gasteiger partial charge in [0.05, 0.1) is 29.5 Å². The molecule has 2 amide bonds. The number of aromatic amines is 1. The van der Waals surface area contributed by atoms with E-state index >= 15 is 0 Å². The molecule has 1 aliphatic heterocycles. The molecule has 194 valence electrons. The van der Waals surface area contributed by atoms with Gasteiger partial charge in [-0.2, -0.15) is 0 Å². The summed E-state index contributed by atoms with van der Waals surface area (Å²) in [4.78, 5) is 51.6. The monoisotopic (exact) mass is 512 g/mol. The zero-order valence-corrected chi connectivity index (χ0v) is 20.5. The summed E-state index contributed by atoms with van der Waals surface area (Å²) in [5.74, 6) is -2.25. The fourth-order valence-corrected chi connectivity index (χ4v) is 4.09. The number of hydrogen-bond donors (Lipinski definition) is 2. The van der Waals surface area contributed by atoms with E-state index in [4.69, 9.17) is 4.74 Å². The number of H-pyrrole nitrogens is 1. The summed E-state index contributed by atoms with van der Waals surface area (Å²) >= 11 is 0. The van der Waals surface area contributed by atoms with Crippen molar-refractivity contribution >= 4 is 17.6 Å². The number of amides is 2. The number of carbonyl (C=O) groups is 2. The Kier molecular flexibility index (Phi) is 7.30. The third kappa shape index (κ3) is 5.97. The number of aromatic nitrogens is 3. The normalized spacial score (nSPS) is 16.2. The first kappa shape index (κ1) is 25.9. The maximum absolute atomic E-state index is 13.3. The van der Waals surface area contributed by atoms with Gasteiger partial charge in [-0.15, -0.1) is 0 Å². The van der Waals surface area contributed by atoms with Gasteiger partial charge in [0.2, 0.25) is 17.3 Å². The summed E-state index contributed by atoms with van der Waals surface area (Å²) in [5.41, 5.74) is -0.461. The molecule has 0 radical (unpaired) electrons. The van der Waals surface area contributed by atoms with Crippen LogP contribution in [-0.4, -0.2) is 67.8 Å². The van der Waals surface area contributed by atoms with Crippen LogP contribution in [0.4, 0.5) is 14.6 Å². The zero-order chi connectivity index (χ0) is 26.7. The third-order valence-electron chi connectivity index (χ3n) is 6.13. The molecule has 0 bridgehead atoms. The van der Waals surface area contributed by atoms with Crippen LogP contribution in [0.15, 0.2) is 53.7 Å². The highest BCUT2D eigenvalue weighted by molar-refractivity contribution is 5.95. The van der Waals surface area contributed by atoms with Crippen molar-refractivity contribution in [2.24, 2.45) is 0 Å². The van der Waals surface area contributed by atoms with Gasteiger partial charge in [-0.3, -0.25) is 19.3 Å². The zero-order valence-electron chi connectivity index (χ0n) is 20.5. The van der Waals surface area contributed by atoms with Crippen LogP contribution >= 0.6 is 0 Å². The van der Waals surface area contributed by atoms with E-state index in [-0.39, 0.29) is 34.8 Å². The van der Waals surface area contributed by atoms with Crippen molar-refractivity contribution in [2.45, 2.75) is 32.4 Å². The number of nitrogens with zero attached hydrogens (tertiary/aromatic N) is 4. The van der Waals surface area contributed by atoms with Crippen molar-refractivity contribution in [2.75, 3.05) is 25.0 Å². The number of anilines is 1. The summed E-state index contributed by atoms with van der Waals surface area (Å²) in [6, 6.07) is 5.37. The summed E-state index contributed by atoms with van der Waals surface area (Å²) in [6.07, 6.45) is 3.95. The Morgan fingerprint density at radius 2 is 1.89 bits per heavy atom. The Balaban J connectivity index is 1.35. The van der Waals surface area contributed by atoms with Crippen LogP contribution in [-0.2, 0) is 4.79 Å². The first-order chi connectivity index (χ1) is 17.5. The van der Waals surface area contributed by atoms with Crippen molar-refractivity contribution in [3.05, 3.63) is 76.5 Å². The van der Waals surface area contributed by atoms with Gasteiger partial charge in [0.15, 0.2) is 17.5 Å². The molecule has 1 saturated heterocycles. The van der Waals surface area contributed by atoms with Gasteiger partial charge in [0.1, 0.15) is 5.75 Å². The van der Waals surface area contributed by atoms with E-state index < -0.39 is 23.2 Å². The lowest BCUT2D eigenvalue weighted by Crippen LogP contribution is -2.63. The maximum Gasteiger partial charge on any atom is 0.255 e. The van der Waals surface area contributed by atoms with Gasteiger partial charge in [0, 0.05) is 38.0 Å². The number of halogens is 2. The Bertz CT molecular complexity index is 1340. The SMILES string of the molecule is C[C@H](C(=O)Nc1cnc(Oc2ccc(F)c(F)c2)cn1)N1CCN(C(=O)c2ccc(=O)[nH]c2)C(C)(C)C1. The molecule has 3 aromatic rings.